The van der Waals surface area contributed by atoms with Gasteiger partial charge in [0.25, 0.3) is 5.91 Å². The van der Waals surface area contributed by atoms with Gasteiger partial charge in [-0.15, -0.1) is 0 Å². The fourth-order valence-electron chi connectivity index (χ4n) is 3.24. The highest BCUT2D eigenvalue weighted by molar-refractivity contribution is 5.91. The summed E-state index contributed by atoms with van der Waals surface area (Å²) >= 11 is 0. The van der Waals surface area contributed by atoms with Crippen molar-refractivity contribution in [2.24, 2.45) is 0 Å². The highest BCUT2D eigenvalue weighted by Crippen LogP contribution is 2.20. The summed E-state index contributed by atoms with van der Waals surface area (Å²) < 4.78 is 1.85. The number of aromatic nitrogens is 2. The van der Waals surface area contributed by atoms with Crippen LogP contribution < -0.4 is 10.6 Å². The maximum absolute atomic E-state index is 12.2. The smallest absolute Gasteiger partial charge is 0.271 e. The first-order valence-corrected chi connectivity index (χ1v) is 8.96. The second-order valence-corrected chi connectivity index (χ2v) is 6.55. The summed E-state index contributed by atoms with van der Waals surface area (Å²) in [6.07, 6.45) is 3.84. The summed E-state index contributed by atoms with van der Waals surface area (Å²) in [6.45, 7) is 2.59. The van der Waals surface area contributed by atoms with Gasteiger partial charge in [0, 0.05) is 26.3 Å². The van der Waals surface area contributed by atoms with Crippen LogP contribution in [-0.4, -0.2) is 53.2 Å². The van der Waals surface area contributed by atoms with E-state index in [1.807, 2.05) is 41.2 Å². The molecule has 0 aliphatic carbocycles. The van der Waals surface area contributed by atoms with Crippen LogP contribution in [0.15, 0.2) is 42.6 Å². The SMILES string of the molecule is CNC(=O)c1ccn([C@H]2CCCN(CC(=O)NCc3ccccc3)C2)n1. The van der Waals surface area contributed by atoms with E-state index in [9.17, 15) is 9.59 Å². The van der Waals surface area contributed by atoms with Crippen molar-refractivity contribution in [1.29, 1.82) is 0 Å². The molecule has 2 N–H and O–H groups in total. The van der Waals surface area contributed by atoms with Crippen LogP contribution in [0.25, 0.3) is 0 Å². The van der Waals surface area contributed by atoms with Gasteiger partial charge in [-0.05, 0) is 31.0 Å². The van der Waals surface area contributed by atoms with Crippen molar-refractivity contribution in [1.82, 2.24) is 25.3 Å². The molecule has 0 bridgehead atoms. The number of carbonyl (C=O) groups excluding carboxylic acids is 2. The van der Waals surface area contributed by atoms with Crippen LogP contribution in [0.5, 0.6) is 0 Å². The molecular formula is C19H25N5O2. The fourth-order valence-corrected chi connectivity index (χ4v) is 3.24. The number of nitrogens with zero attached hydrogens (tertiary/aromatic N) is 3. The zero-order valence-electron chi connectivity index (χ0n) is 15.0. The Balaban J connectivity index is 1.51. The van der Waals surface area contributed by atoms with E-state index in [2.05, 4.69) is 20.6 Å². The third kappa shape index (κ3) is 4.70. The van der Waals surface area contributed by atoms with E-state index < -0.39 is 0 Å². The van der Waals surface area contributed by atoms with Crippen molar-refractivity contribution < 1.29 is 9.59 Å². The first-order valence-electron chi connectivity index (χ1n) is 8.96. The van der Waals surface area contributed by atoms with Crippen molar-refractivity contribution in [3.05, 3.63) is 53.9 Å². The highest BCUT2D eigenvalue weighted by Gasteiger charge is 2.24. The van der Waals surface area contributed by atoms with Gasteiger partial charge in [0.2, 0.25) is 5.91 Å². The standard InChI is InChI=1S/C19H25N5O2/c1-20-19(26)17-9-11-24(22-17)16-8-5-10-23(13-16)14-18(25)21-12-15-6-3-2-4-7-15/h2-4,6-7,9,11,16H,5,8,10,12-14H2,1H3,(H,20,26)(H,21,25)/t16-/m0/s1. The lowest BCUT2D eigenvalue weighted by Crippen LogP contribution is -2.43. The Kier molecular flexibility index (Phi) is 6.01. The summed E-state index contributed by atoms with van der Waals surface area (Å²) in [4.78, 5) is 26.0. The van der Waals surface area contributed by atoms with Crippen LogP contribution in [-0.2, 0) is 11.3 Å². The maximum atomic E-state index is 12.2. The Morgan fingerprint density at radius 2 is 2.04 bits per heavy atom. The van der Waals surface area contributed by atoms with Gasteiger partial charge in [-0.1, -0.05) is 30.3 Å². The third-order valence-electron chi connectivity index (χ3n) is 4.62. The molecule has 1 aliphatic heterocycles. The molecule has 3 rings (SSSR count). The molecule has 0 saturated carbocycles. The monoisotopic (exact) mass is 355 g/mol. The number of nitrogens with one attached hydrogen (secondary N) is 2. The van der Waals surface area contributed by atoms with Gasteiger partial charge >= 0.3 is 0 Å². The first-order chi connectivity index (χ1) is 12.7. The molecule has 2 heterocycles. The van der Waals surface area contributed by atoms with Gasteiger partial charge in [0.15, 0.2) is 0 Å². The molecule has 7 heteroatoms. The number of likely N-dealkylation sites (tertiary alicyclic amines) is 1. The lowest BCUT2D eigenvalue weighted by atomic mass is 10.1. The van der Waals surface area contributed by atoms with Gasteiger partial charge in [-0.2, -0.15) is 5.10 Å². The molecule has 2 aromatic rings. The minimum Gasteiger partial charge on any atom is -0.354 e. The molecule has 1 saturated heterocycles. The predicted octanol–water partition coefficient (Wildman–Crippen LogP) is 1.20. The molecule has 26 heavy (non-hydrogen) atoms. The van der Waals surface area contributed by atoms with Crippen molar-refractivity contribution in [2.45, 2.75) is 25.4 Å². The van der Waals surface area contributed by atoms with E-state index in [1.54, 1.807) is 13.1 Å². The van der Waals surface area contributed by atoms with E-state index >= 15 is 0 Å². The van der Waals surface area contributed by atoms with Crippen molar-refractivity contribution >= 4 is 11.8 Å². The molecule has 1 atom stereocenters. The summed E-state index contributed by atoms with van der Waals surface area (Å²) in [7, 11) is 1.59. The van der Waals surface area contributed by atoms with Crippen LogP contribution in [0.2, 0.25) is 0 Å². The average Bonchev–Trinajstić information content (AvgIpc) is 3.17. The van der Waals surface area contributed by atoms with Crippen LogP contribution in [0, 0.1) is 0 Å². The molecule has 7 nitrogen and oxygen atoms in total. The average molecular weight is 355 g/mol. The van der Waals surface area contributed by atoms with Crippen molar-refractivity contribution in [3.63, 3.8) is 0 Å². The molecule has 1 aromatic carbocycles. The molecule has 1 fully saturated rings. The van der Waals surface area contributed by atoms with E-state index in [1.165, 1.54) is 0 Å². The lowest BCUT2D eigenvalue weighted by molar-refractivity contribution is -0.122. The van der Waals surface area contributed by atoms with Crippen LogP contribution >= 0.6 is 0 Å². The van der Waals surface area contributed by atoms with E-state index in [-0.39, 0.29) is 17.9 Å². The van der Waals surface area contributed by atoms with Crippen LogP contribution in [0.1, 0.15) is 34.9 Å². The predicted molar refractivity (Wildman–Crippen MR) is 98.6 cm³/mol. The minimum absolute atomic E-state index is 0.0287. The van der Waals surface area contributed by atoms with E-state index in [0.717, 1.165) is 31.5 Å². The maximum Gasteiger partial charge on any atom is 0.271 e. The zero-order chi connectivity index (χ0) is 18.4. The summed E-state index contributed by atoms with van der Waals surface area (Å²) in [5.74, 6) is -0.155. The lowest BCUT2D eigenvalue weighted by Gasteiger charge is -2.32. The molecule has 138 valence electrons. The van der Waals surface area contributed by atoms with Gasteiger partial charge < -0.3 is 10.6 Å². The Morgan fingerprint density at radius 3 is 2.81 bits per heavy atom. The van der Waals surface area contributed by atoms with Gasteiger partial charge in [0.1, 0.15) is 5.69 Å². The van der Waals surface area contributed by atoms with Gasteiger partial charge in [-0.3, -0.25) is 19.2 Å². The molecule has 0 unspecified atom stereocenters. The Morgan fingerprint density at radius 1 is 1.23 bits per heavy atom. The number of amides is 2. The first kappa shape index (κ1) is 18.1. The number of hydrogen-bond acceptors (Lipinski definition) is 4. The molecule has 2 amide bonds. The number of benzene rings is 1. The number of carbonyl (C=O) groups is 2. The Hall–Kier alpha value is -2.67. The highest BCUT2D eigenvalue weighted by atomic mass is 16.2. The third-order valence-corrected chi connectivity index (χ3v) is 4.62. The Bertz CT molecular complexity index is 743. The summed E-state index contributed by atoms with van der Waals surface area (Å²) in [5.41, 5.74) is 1.51. The molecular weight excluding hydrogens is 330 g/mol. The molecule has 1 aliphatic rings. The van der Waals surface area contributed by atoms with Gasteiger partial charge in [-0.25, -0.2) is 0 Å². The second-order valence-electron chi connectivity index (χ2n) is 6.55. The van der Waals surface area contributed by atoms with E-state index in [4.69, 9.17) is 0 Å². The quantitative estimate of drug-likeness (QED) is 0.816. The second kappa shape index (κ2) is 8.62. The number of piperidine rings is 1. The Labute approximate surface area is 153 Å². The van der Waals surface area contributed by atoms with Crippen molar-refractivity contribution in [3.8, 4) is 0 Å². The summed E-state index contributed by atoms with van der Waals surface area (Å²) in [6, 6.07) is 11.8. The van der Waals surface area contributed by atoms with E-state index in [0.29, 0.717) is 18.8 Å². The zero-order valence-corrected chi connectivity index (χ0v) is 15.0. The minimum atomic E-state index is -0.184. The number of hydrogen-bond donors (Lipinski definition) is 2. The largest absolute Gasteiger partial charge is 0.354 e. The van der Waals surface area contributed by atoms with Crippen LogP contribution in [0.4, 0.5) is 0 Å². The molecule has 0 spiro atoms. The molecule has 1 aromatic heterocycles. The number of rotatable bonds is 6. The normalized spacial score (nSPS) is 17.7. The molecule has 0 radical (unpaired) electrons. The topological polar surface area (TPSA) is 79.3 Å². The fraction of sp³-hybridized carbons (Fsp3) is 0.421. The van der Waals surface area contributed by atoms with Crippen LogP contribution in [0.3, 0.4) is 0 Å². The summed E-state index contributed by atoms with van der Waals surface area (Å²) in [5, 5.41) is 9.93. The van der Waals surface area contributed by atoms with Gasteiger partial charge in [0.05, 0.1) is 12.6 Å². The van der Waals surface area contributed by atoms with Crippen molar-refractivity contribution in [2.75, 3.05) is 26.7 Å².